The van der Waals surface area contributed by atoms with E-state index in [1.165, 1.54) is 6.07 Å². The predicted octanol–water partition coefficient (Wildman–Crippen LogP) is 2.72. The van der Waals surface area contributed by atoms with Crippen LogP contribution in [0.1, 0.15) is 48.6 Å². The summed E-state index contributed by atoms with van der Waals surface area (Å²) in [4.78, 5) is 23.1. The number of carboxylic acid groups (broad SMARTS) is 1. The molecule has 1 unspecified atom stereocenters. The molecule has 1 aromatic heterocycles. The summed E-state index contributed by atoms with van der Waals surface area (Å²) in [6, 6.07) is 9.95. The Morgan fingerprint density at radius 3 is 2.43 bits per heavy atom. The van der Waals surface area contributed by atoms with Gasteiger partial charge >= 0.3 is 12.1 Å². The SMILES string of the molecule is CC(C)(C)OC(=O)NC(c1ccccc1)c1cc(C(=O)O)n[nH]1. The molecule has 1 atom stereocenters. The number of hydrogen-bond donors (Lipinski definition) is 3. The van der Waals surface area contributed by atoms with Gasteiger partial charge in [0.05, 0.1) is 11.7 Å². The summed E-state index contributed by atoms with van der Waals surface area (Å²) in [5.41, 5.74) is 0.483. The number of rotatable bonds is 4. The number of carboxylic acids is 1. The second-order valence-corrected chi connectivity index (χ2v) is 6.00. The molecule has 1 aromatic carbocycles. The first-order chi connectivity index (χ1) is 10.8. The Labute approximate surface area is 133 Å². The molecule has 2 aromatic rings. The number of aromatic carboxylic acids is 1. The summed E-state index contributed by atoms with van der Waals surface area (Å²) in [5.74, 6) is -1.14. The highest BCUT2D eigenvalue weighted by Crippen LogP contribution is 2.21. The Kier molecular flexibility index (Phi) is 4.68. The fourth-order valence-electron chi connectivity index (χ4n) is 2.01. The van der Waals surface area contributed by atoms with Crippen molar-refractivity contribution in [3.8, 4) is 0 Å². The third-order valence-corrected chi connectivity index (χ3v) is 2.92. The van der Waals surface area contributed by atoms with Crippen LogP contribution >= 0.6 is 0 Å². The lowest BCUT2D eigenvalue weighted by Crippen LogP contribution is -2.35. The summed E-state index contributed by atoms with van der Waals surface area (Å²) < 4.78 is 5.26. The van der Waals surface area contributed by atoms with Gasteiger partial charge in [0, 0.05) is 0 Å². The van der Waals surface area contributed by atoms with Crippen LogP contribution in [0, 0.1) is 0 Å². The minimum atomic E-state index is -1.14. The van der Waals surface area contributed by atoms with E-state index in [9.17, 15) is 9.59 Å². The molecule has 0 saturated carbocycles. The van der Waals surface area contributed by atoms with Crippen LogP contribution in [0.15, 0.2) is 36.4 Å². The minimum absolute atomic E-state index is 0.119. The molecule has 0 spiro atoms. The van der Waals surface area contributed by atoms with Crippen LogP contribution in [0.5, 0.6) is 0 Å². The van der Waals surface area contributed by atoms with Crippen LogP contribution < -0.4 is 5.32 Å². The molecule has 1 amide bonds. The molecule has 2 rings (SSSR count). The van der Waals surface area contributed by atoms with Gasteiger partial charge in [0.15, 0.2) is 5.69 Å². The van der Waals surface area contributed by atoms with E-state index in [1.807, 2.05) is 30.3 Å². The summed E-state index contributed by atoms with van der Waals surface area (Å²) in [6.45, 7) is 5.30. The Balaban J connectivity index is 2.29. The topological polar surface area (TPSA) is 104 Å². The molecule has 0 bridgehead atoms. The number of carbonyl (C=O) groups excluding carboxylic acids is 1. The van der Waals surface area contributed by atoms with Crippen molar-refractivity contribution in [3.63, 3.8) is 0 Å². The maximum Gasteiger partial charge on any atom is 0.408 e. The van der Waals surface area contributed by atoms with Gasteiger partial charge in [-0.05, 0) is 32.4 Å². The number of benzene rings is 1. The highest BCUT2D eigenvalue weighted by Gasteiger charge is 2.24. The Morgan fingerprint density at radius 2 is 1.91 bits per heavy atom. The van der Waals surface area contributed by atoms with Crippen LogP contribution in [-0.2, 0) is 4.74 Å². The van der Waals surface area contributed by atoms with E-state index in [-0.39, 0.29) is 5.69 Å². The van der Waals surface area contributed by atoms with E-state index in [0.29, 0.717) is 5.69 Å². The van der Waals surface area contributed by atoms with Gasteiger partial charge in [0.2, 0.25) is 0 Å². The Bertz CT molecular complexity index is 689. The second kappa shape index (κ2) is 6.51. The summed E-state index contributed by atoms with van der Waals surface area (Å²) in [7, 11) is 0. The molecule has 7 nitrogen and oxygen atoms in total. The predicted molar refractivity (Wildman–Crippen MR) is 83.2 cm³/mol. The maximum atomic E-state index is 12.1. The maximum absolute atomic E-state index is 12.1. The number of nitrogens with one attached hydrogen (secondary N) is 2. The summed E-state index contributed by atoms with van der Waals surface area (Å²) in [5, 5.41) is 18.1. The first kappa shape index (κ1) is 16.5. The highest BCUT2D eigenvalue weighted by molar-refractivity contribution is 5.85. The molecule has 23 heavy (non-hydrogen) atoms. The number of ether oxygens (including phenoxy) is 1. The molecule has 0 aliphatic carbocycles. The molecule has 0 fully saturated rings. The fourth-order valence-corrected chi connectivity index (χ4v) is 2.01. The molecular formula is C16H19N3O4. The lowest BCUT2D eigenvalue weighted by atomic mass is 10.0. The van der Waals surface area contributed by atoms with Crippen molar-refractivity contribution in [2.24, 2.45) is 0 Å². The van der Waals surface area contributed by atoms with E-state index in [0.717, 1.165) is 5.56 Å². The molecular weight excluding hydrogens is 298 g/mol. The van der Waals surface area contributed by atoms with Crippen molar-refractivity contribution in [2.75, 3.05) is 0 Å². The van der Waals surface area contributed by atoms with Crippen molar-refractivity contribution in [1.82, 2.24) is 15.5 Å². The van der Waals surface area contributed by atoms with Gasteiger partial charge < -0.3 is 15.2 Å². The standard InChI is InChI=1S/C16H19N3O4/c1-16(2,3)23-15(22)17-13(10-7-5-4-6-8-10)11-9-12(14(20)21)19-18-11/h4-9,13H,1-3H3,(H,17,22)(H,18,19)(H,20,21). The van der Waals surface area contributed by atoms with Gasteiger partial charge in [-0.15, -0.1) is 0 Å². The van der Waals surface area contributed by atoms with Crippen LogP contribution in [0.4, 0.5) is 4.79 Å². The number of alkyl carbamates (subject to hydrolysis) is 1. The van der Waals surface area contributed by atoms with Gasteiger partial charge in [-0.2, -0.15) is 5.10 Å². The van der Waals surface area contributed by atoms with Crippen molar-refractivity contribution in [1.29, 1.82) is 0 Å². The number of aromatic amines is 1. The van der Waals surface area contributed by atoms with E-state index in [2.05, 4.69) is 15.5 Å². The first-order valence-corrected chi connectivity index (χ1v) is 7.09. The lowest BCUT2D eigenvalue weighted by molar-refractivity contribution is 0.0511. The van der Waals surface area contributed by atoms with Crippen molar-refractivity contribution in [3.05, 3.63) is 53.3 Å². The van der Waals surface area contributed by atoms with E-state index in [1.54, 1.807) is 20.8 Å². The van der Waals surface area contributed by atoms with E-state index in [4.69, 9.17) is 9.84 Å². The molecule has 3 N–H and O–H groups in total. The fraction of sp³-hybridized carbons (Fsp3) is 0.312. The number of H-pyrrole nitrogens is 1. The average molecular weight is 317 g/mol. The van der Waals surface area contributed by atoms with Crippen LogP contribution in [0.25, 0.3) is 0 Å². The van der Waals surface area contributed by atoms with Gasteiger partial charge in [0.25, 0.3) is 0 Å². The quantitative estimate of drug-likeness (QED) is 0.804. The zero-order chi connectivity index (χ0) is 17.0. The number of nitrogens with zero attached hydrogens (tertiary/aromatic N) is 1. The lowest BCUT2D eigenvalue weighted by Gasteiger charge is -2.23. The summed E-state index contributed by atoms with van der Waals surface area (Å²) >= 11 is 0. The van der Waals surface area contributed by atoms with Crippen LogP contribution in [0.3, 0.4) is 0 Å². The largest absolute Gasteiger partial charge is 0.476 e. The normalized spacial score (nSPS) is 12.5. The van der Waals surface area contributed by atoms with Gasteiger partial charge in [-0.3, -0.25) is 5.10 Å². The Hall–Kier alpha value is -2.83. The number of hydrogen-bond acceptors (Lipinski definition) is 4. The molecule has 1 heterocycles. The first-order valence-electron chi connectivity index (χ1n) is 7.09. The Morgan fingerprint density at radius 1 is 1.26 bits per heavy atom. The van der Waals surface area contributed by atoms with E-state index >= 15 is 0 Å². The monoisotopic (exact) mass is 317 g/mol. The summed E-state index contributed by atoms with van der Waals surface area (Å²) in [6.07, 6.45) is -0.599. The third-order valence-electron chi connectivity index (χ3n) is 2.92. The smallest absolute Gasteiger partial charge is 0.408 e. The van der Waals surface area contributed by atoms with Gasteiger partial charge in [-0.25, -0.2) is 9.59 Å². The highest BCUT2D eigenvalue weighted by atomic mass is 16.6. The number of aromatic nitrogens is 2. The zero-order valence-electron chi connectivity index (χ0n) is 13.2. The third kappa shape index (κ3) is 4.57. The molecule has 0 aliphatic rings. The van der Waals surface area contributed by atoms with Crippen LogP contribution in [-0.4, -0.2) is 33.0 Å². The molecule has 0 radical (unpaired) electrons. The molecule has 0 saturated heterocycles. The second-order valence-electron chi connectivity index (χ2n) is 6.00. The zero-order valence-corrected chi connectivity index (χ0v) is 13.2. The number of amides is 1. The molecule has 7 heteroatoms. The molecule has 122 valence electrons. The van der Waals surface area contributed by atoms with Gasteiger partial charge in [-0.1, -0.05) is 30.3 Å². The number of carbonyl (C=O) groups is 2. The average Bonchev–Trinajstić information content (AvgIpc) is 2.93. The molecule has 0 aliphatic heterocycles. The van der Waals surface area contributed by atoms with E-state index < -0.39 is 23.7 Å². The van der Waals surface area contributed by atoms with Crippen molar-refractivity contribution < 1.29 is 19.4 Å². The van der Waals surface area contributed by atoms with Crippen LogP contribution in [0.2, 0.25) is 0 Å². The van der Waals surface area contributed by atoms with Crippen molar-refractivity contribution >= 4 is 12.1 Å². The van der Waals surface area contributed by atoms with Crippen molar-refractivity contribution in [2.45, 2.75) is 32.4 Å². The van der Waals surface area contributed by atoms with Gasteiger partial charge in [0.1, 0.15) is 5.60 Å². The minimum Gasteiger partial charge on any atom is -0.476 e.